The number of ketones is 1. The first-order chi connectivity index (χ1) is 6.62. The van der Waals surface area contributed by atoms with Gasteiger partial charge in [0.05, 0.1) is 5.54 Å². The summed E-state index contributed by atoms with van der Waals surface area (Å²) in [6, 6.07) is 6.36. The van der Waals surface area contributed by atoms with Crippen molar-refractivity contribution >= 4 is 5.78 Å². The van der Waals surface area contributed by atoms with E-state index >= 15 is 0 Å². The van der Waals surface area contributed by atoms with E-state index in [0.29, 0.717) is 5.56 Å². The minimum Gasteiger partial charge on any atom is -0.508 e. The summed E-state index contributed by atoms with van der Waals surface area (Å²) in [6.07, 6.45) is 2.52. The lowest BCUT2D eigenvalue weighted by atomic mass is 9.73. The standard InChI is InChI=1S/C11H13NO2/c12-11(5-2-6-11)10(14)8-3-1-4-9(13)7-8/h1,3-4,7,13H,2,5-6,12H2. The van der Waals surface area contributed by atoms with Gasteiger partial charge >= 0.3 is 0 Å². The van der Waals surface area contributed by atoms with Gasteiger partial charge in [0.1, 0.15) is 5.75 Å². The number of benzene rings is 1. The second-order valence-electron chi connectivity index (χ2n) is 3.89. The number of hydrogen-bond donors (Lipinski definition) is 2. The monoisotopic (exact) mass is 191 g/mol. The van der Waals surface area contributed by atoms with Crippen molar-refractivity contribution in [2.24, 2.45) is 5.73 Å². The van der Waals surface area contributed by atoms with Crippen LogP contribution < -0.4 is 5.73 Å². The third-order valence-corrected chi connectivity index (χ3v) is 2.81. The number of hydrogen-bond acceptors (Lipinski definition) is 3. The minimum atomic E-state index is -0.673. The molecule has 1 aromatic carbocycles. The lowest BCUT2D eigenvalue weighted by molar-refractivity contribution is 0.0800. The van der Waals surface area contributed by atoms with Gasteiger partial charge in [0, 0.05) is 5.56 Å². The maximum atomic E-state index is 11.9. The van der Waals surface area contributed by atoms with Crippen molar-refractivity contribution in [3.63, 3.8) is 0 Å². The molecule has 3 N–H and O–H groups in total. The van der Waals surface area contributed by atoms with Crippen LogP contribution in [0.15, 0.2) is 24.3 Å². The van der Waals surface area contributed by atoms with Crippen molar-refractivity contribution in [3.05, 3.63) is 29.8 Å². The Kier molecular flexibility index (Phi) is 2.04. The molecule has 0 radical (unpaired) electrons. The zero-order valence-corrected chi connectivity index (χ0v) is 7.86. The molecule has 0 saturated heterocycles. The van der Waals surface area contributed by atoms with Gasteiger partial charge in [-0.3, -0.25) is 4.79 Å². The molecule has 0 aliphatic heterocycles. The molecule has 3 nitrogen and oxygen atoms in total. The van der Waals surface area contributed by atoms with Crippen LogP contribution in [0.4, 0.5) is 0 Å². The van der Waals surface area contributed by atoms with Crippen LogP contribution in [0.5, 0.6) is 5.75 Å². The highest BCUT2D eigenvalue weighted by atomic mass is 16.3. The summed E-state index contributed by atoms with van der Waals surface area (Å²) in [4.78, 5) is 11.9. The quantitative estimate of drug-likeness (QED) is 0.695. The van der Waals surface area contributed by atoms with Crippen molar-refractivity contribution < 1.29 is 9.90 Å². The van der Waals surface area contributed by atoms with Gasteiger partial charge in [0.25, 0.3) is 0 Å². The van der Waals surface area contributed by atoms with Crippen LogP contribution in [0.25, 0.3) is 0 Å². The Hall–Kier alpha value is -1.35. The van der Waals surface area contributed by atoms with Gasteiger partial charge in [-0.1, -0.05) is 12.1 Å². The predicted octanol–water partition coefficient (Wildman–Crippen LogP) is 1.46. The van der Waals surface area contributed by atoms with Gasteiger partial charge in [-0.05, 0) is 31.4 Å². The number of aromatic hydroxyl groups is 1. The number of phenolic OH excluding ortho intramolecular Hbond substituents is 1. The number of nitrogens with two attached hydrogens (primary N) is 1. The molecule has 0 amide bonds. The maximum absolute atomic E-state index is 11.9. The van der Waals surface area contributed by atoms with Gasteiger partial charge in [-0.15, -0.1) is 0 Å². The average Bonchev–Trinajstić information content (AvgIpc) is 2.13. The number of Topliss-reactive ketones (excluding diaryl/α,β-unsaturated/α-hetero) is 1. The Balaban J connectivity index is 2.27. The zero-order valence-electron chi connectivity index (χ0n) is 7.86. The molecular formula is C11H13NO2. The smallest absolute Gasteiger partial charge is 0.182 e. The van der Waals surface area contributed by atoms with E-state index < -0.39 is 5.54 Å². The van der Waals surface area contributed by atoms with Crippen LogP contribution in [0.3, 0.4) is 0 Å². The van der Waals surface area contributed by atoms with Crippen molar-refractivity contribution in [2.75, 3.05) is 0 Å². The molecular weight excluding hydrogens is 178 g/mol. The Morgan fingerprint density at radius 3 is 2.64 bits per heavy atom. The largest absolute Gasteiger partial charge is 0.508 e. The summed E-state index contributed by atoms with van der Waals surface area (Å²) in [5.74, 6) is 0.0541. The Bertz CT molecular complexity index is 369. The molecule has 3 heteroatoms. The minimum absolute atomic E-state index is 0.0559. The summed E-state index contributed by atoms with van der Waals surface area (Å²) in [6.45, 7) is 0. The molecule has 0 unspecified atom stereocenters. The summed E-state index contributed by atoms with van der Waals surface area (Å²) in [5.41, 5.74) is 5.73. The van der Waals surface area contributed by atoms with Crippen molar-refractivity contribution in [1.29, 1.82) is 0 Å². The molecule has 1 saturated carbocycles. The maximum Gasteiger partial charge on any atom is 0.182 e. The first-order valence-electron chi connectivity index (χ1n) is 4.74. The van der Waals surface area contributed by atoms with Crippen LogP contribution in [-0.2, 0) is 0 Å². The third-order valence-electron chi connectivity index (χ3n) is 2.81. The first kappa shape index (κ1) is 9.21. The van der Waals surface area contributed by atoms with Gasteiger partial charge in [0.15, 0.2) is 5.78 Å². The van der Waals surface area contributed by atoms with Gasteiger partial charge in [-0.25, -0.2) is 0 Å². The topological polar surface area (TPSA) is 63.3 Å². The van der Waals surface area contributed by atoms with Crippen LogP contribution in [-0.4, -0.2) is 16.4 Å². The SMILES string of the molecule is NC1(C(=O)c2cccc(O)c2)CCC1. The average molecular weight is 191 g/mol. The summed E-state index contributed by atoms with van der Waals surface area (Å²) >= 11 is 0. The molecule has 0 atom stereocenters. The number of carbonyl (C=O) groups is 1. The van der Waals surface area contributed by atoms with E-state index in [4.69, 9.17) is 5.73 Å². The third kappa shape index (κ3) is 1.40. The number of carbonyl (C=O) groups excluding carboxylic acids is 1. The molecule has 14 heavy (non-hydrogen) atoms. The van der Waals surface area contributed by atoms with E-state index in [1.54, 1.807) is 18.2 Å². The fraction of sp³-hybridized carbons (Fsp3) is 0.364. The number of rotatable bonds is 2. The lowest BCUT2D eigenvalue weighted by Gasteiger charge is -2.36. The van der Waals surface area contributed by atoms with Gasteiger partial charge < -0.3 is 10.8 Å². The Morgan fingerprint density at radius 1 is 1.43 bits per heavy atom. The summed E-state index contributed by atoms with van der Waals surface area (Å²) < 4.78 is 0. The highest BCUT2D eigenvalue weighted by molar-refractivity contribution is 6.03. The normalized spacial score (nSPS) is 18.6. The second kappa shape index (κ2) is 3.10. The van der Waals surface area contributed by atoms with E-state index in [1.165, 1.54) is 6.07 Å². The van der Waals surface area contributed by atoms with Gasteiger partial charge in [-0.2, -0.15) is 0 Å². The van der Waals surface area contributed by atoms with Crippen LogP contribution in [0.1, 0.15) is 29.6 Å². The second-order valence-corrected chi connectivity index (χ2v) is 3.89. The molecule has 0 aromatic heterocycles. The molecule has 1 aliphatic rings. The molecule has 0 bridgehead atoms. The molecule has 1 aromatic rings. The van der Waals surface area contributed by atoms with E-state index in [0.717, 1.165) is 19.3 Å². The van der Waals surface area contributed by atoms with E-state index in [9.17, 15) is 9.90 Å². The summed E-state index contributed by atoms with van der Waals surface area (Å²) in [7, 11) is 0. The van der Waals surface area contributed by atoms with Crippen molar-refractivity contribution in [1.82, 2.24) is 0 Å². The lowest BCUT2D eigenvalue weighted by Crippen LogP contribution is -2.53. The molecule has 2 rings (SSSR count). The van der Waals surface area contributed by atoms with Crippen LogP contribution in [0, 0.1) is 0 Å². The molecule has 74 valence electrons. The van der Waals surface area contributed by atoms with E-state index in [2.05, 4.69) is 0 Å². The van der Waals surface area contributed by atoms with Crippen molar-refractivity contribution in [2.45, 2.75) is 24.8 Å². The van der Waals surface area contributed by atoms with Crippen molar-refractivity contribution in [3.8, 4) is 5.75 Å². The van der Waals surface area contributed by atoms with Crippen LogP contribution >= 0.6 is 0 Å². The molecule has 1 fully saturated rings. The molecule has 1 aliphatic carbocycles. The Labute approximate surface area is 82.5 Å². The first-order valence-corrected chi connectivity index (χ1v) is 4.74. The van der Waals surface area contributed by atoms with E-state index in [1.807, 2.05) is 0 Å². The summed E-state index contributed by atoms with van der Waals surface area (Å²) in [5, 5.41) is 9.23. The van der Waals surface area contributed by atoms with E-state index in [-0.39, 0.29) is 11.5 Å². The molecule has 0 spiro atoms. The highest BCUT2D eigenvalue weighted by Gasteiger charge is 2.40. The van der Waals surface area contributed by atoms with Crippen LogP contribution in [0.2, 0.25) is 0 Å². The fourth-order valence-corrected chi connectivity index (χ4v) is 1.72. The number of phenols is 1. The fourth-order valence-electron chi connectivity index (χ4n) is 1.72. The highest BCUT2D eigenvalue weighted by Crippen LogP contribution is 2.32. The zero-order chi connectivity index (χ0) is 10.2. The predicted molar refractivity (Wildman–Crippen MR) is 53.2 cm³/mol. The molecule has 0 heterocycles. The Morgan fingerprint density at radius 2 is 2.14 bits per heavy atom. The van der Waals surface area contributed by atoms with Gasteiger partial charge in [0.2, 0.25) is 0 Å².